The van der Waals surface area contributed by atoms with E-state index in [2.05, 4.69) is 19.1 Å². The van der Waals surface area contributed by atoms with Gasteiger partial charge in [-0.05, 0) is 25.7 Å². The normalized spacial score (nSPS) is 16.5. The molecule has 0 aliphatic heterocycles. The van der Waals surface area contributed by atoms with E-state index in [9.17, 15) is 0 Å². The van der Waals surface area contributed by atoms with Crippen molar-refractivity contribution in [2.24, 2.45) is 0 Å². The molecule has 0 unspecified atom stereocenters. The van der Waals surface area contributed by atoms with Crippen LogP contribution in [0.4, 0.5) is 0 Å². The molecule has 0 nitrogen and oxygen atoms in total. The first kappa shape index (κ1) is 14.4. The smallest absolute Gasteiger partial charge is 0 e. The van der Waals surface area contributed by atoms with Crippen molar-refractivity contribution < 1.29 is 32.7 Å². The first-order valence-corrected chi connectivity index (χ1v) is 4.36. The number of allylic oxidation sites excluding steroid dienone is 2. The first-order chi connectivity index (χ1) is 5.00. The van der Waals surface area contributed by atoms with E-state index in [1.54, 1.807) is 6.92 Å². The SMILES string of the molecule is C1=CCCCCCC1.[CH2-]C.[Y]. The van der Waals surface area contributed by atoms with Crippen LogP contribution in [0.3, 0.4) is 0 Å². The molecule has 63 valence electrons. The molecular weight excluding hydrogens is 209 g/mol. The van der Waals surface area contributed by atoms with Gasteiger partial charge >= 0.3 is 0 Å². The summed E-state index contributed by atoms with van der Waals surface area (Å²) in [5.41, 5.74) is 0. The Labute approximate surface area is 96.7 Å². The van der Waals surface area contributed by atoms with Crippen LogP contribution in [0.15, 0.2) is 12.2 Å². The monoisotopic (exact) mass is 228 g/mol. The summed E-state index contributed by atoms with van der Waals surface area (Å²) in [5.74, 6) is 0. The Morgan fingerprint density at radius 2 is 1.18 bits per heavy atom. The number of hydrogen-bond acceptors (Lipinski definition) is 0. The second-order valence-corrected chi connectivity index (χ2v) is 2.46. The topological polar surface area (TPSA) is 0 Å². The third kappa shape index (κ3) is 10.8. The van der Waals surface area contributed by atoms with E-state index >= 15 is 0 Å². The molecule has 0 atom stereocenters. The summed E-state index contributed by atoms with van der Waals surface area (Å²) in [7, 11) is 0. The second kappa shape index (κ2) is 13.4. The van der Waals surface area contributed by atoms with Gasteiger partial charge in [-0.3, -0.25) is 0 Å². The van der Waals surface area contributed by atoms with Crippen LogP contribution in [-0.4, -0.2) is 0 Å². The van der Waals surface area contributed by atoms with Crippen LogP contribution in [0.1, 0.15) is 45.4 Å². The van der Waals surface area contributed by atoms with Gasteiger partial charge in [0.15, 0.2) is 0 Å². The van der Waals surface area contributed by atoms with Crippen LogP contribution in [0, 0.1) is 6.92 Å². The van der Waals surface area contributed by atoms with Crippen LogP contribution in [-0.2, 0) is 32.7 Å². The zero-order valence-corrected chi connectivity index (χ0v) is 10.5. The maximum Gasteiger partial charge on any atom is 0 e. The minimum atomic E-state index is 0. The van der Waals surface area contributed by atoms with Crippen LogP contribution >= 0.6 is 0 Å². The van der Waals surface area contributed by atoms with Gasteiger partial charge in [0.2, 0.25) is 0 Å². The average Bonchev–Trinajstić information content (AvgIpc) is 1.90. The quantitative estimate of drug-likeness (QED) is 0.437. The molecule has 11 heavy (non-hydrogen) atoms. The maximum atomic E-state index is 3.25. The van der Waals surface area contributed by atoms with E-state index in [1.165, 1.54) is 38.5 Å². The Morgan fingerprint density at radius 3 is 1.55 bits per heavy atom. The molecule has 1 rings (SSSR count). The summed E-state index contributed by atoms with van der Waals surface area (Å²) >= 11 is 0. The van der Waals surface area contributed by atoms with Crippen LogP contribution < -0.4 is 0 Å². The van der Waals surface area contributed by atoms with E-state index in [0.717, 1.165) is 0 Å². The zero-order chi connectivity index (χ0) is 7.66. The largest absolute Gasteiger partial charge is 0.346 e. The summed E-state index contributed by atoms with van der Waals surface area (Å²) in [4.78, 5) is 0. The van der Waals surface area contributed by atoms with Crippen molar-refractivity contribution in [2.45, 2.75) is 45.4 Å². The number of rotatable bonds is 0. The van der Waals surface area contributed by atoms with Crippen molar-refractivity contribution >= 4 is 0 Å². The standard InChI is InChI=1S/C8H14.C2H5.Y/c1-2-4-6-8-7-5-3-1;1-2;/h1-2H,3-8H2;1H2,2H3;/q;-1;. The molecule has 1 aliphatic rings. The van der Waals surface area contributed by atoms with Gasteiger partial charge in [0.25, 0.3) is 0 Å². The van der Waals surface area contributed by atoms with Crippen molar-refractivity contribution in [2.75, 3.05) is 0 Å². The summed E-state index contributed by atoms with van der Waals surface area (Å²) in [5, 5.41) is 0. The molecule has 0 aromatic rings. The van der Waals surface area contributed by atoms with Gasteiger partial charge in [-0.25, -0.2) is 0 Å². The molecule has 0 amide bonds. The molecule has 0 saturated carbocycles. The molecule has 1 heteroatoms. The minimum absolute atomic E-state index is 0. The van der Waals surface area contributed by atoms with E-state index in [-0.39, 0.29) is 32.7 Å². The first-order valence-electron chi connectivity index (χ1n) is 4.36. The summed E-state index contributed by atoms with van der Waals surface area (Å²) in [6.45, 7) is 5.00. The van der Waals surface area contributed by atoms with Gasteiger partial charge in [-0.2, -0.15) is 6.92 Å². The van der Waals surface area contributed by atoms with Gasteiger partial charge in [-0.1, -0.05) is 25.0 Å². The third-order valence-corrected chi connectivity index (χ3v) is 1.66. The molecular formula is C10H19Y-. The second-order valence-electron chi connectivity index (χ2n) is 2.46. The van der Waals surface area contributed by atoms with Crippen molar-refractivity contribution in [3.63, 3.8) is 0 Å². The van der Waals surface area contributed by atoms with Crippen molar-refractivity contribution in [3.8, 4) is 0 Å². The van der Waals surface area contributed by atoms with E-state index in [0.29, 0.717) is 0 Å². The molecule has 0 spiro atoms. The van der Waals surface area contributed by atoms with Gasteiger partial charge in [0, 0.05) is 32.7 Å². The Hall–Kier alpha value is 0.844. The molecule has 1 aliphatic carbocycles. The molecule has 0 aromatic heterocycles. The summed E-state index contributed by atoms with van der Waals surface area (Å²) in [6, 6.07) is 0. The fourth-order valence-corrected chi connectivity index (χ4v) is 1.11. The molecule has 0 aromatic carbocycles. The fraction of sp³-hybridized carbons (Fsp3) is 0.700. The van der Waals surface area contributed by atoms with Gasteiger partial charge in [-0.15, -0.1) is 0 Å². The maximum absolute atomic E-state index is 3.25. The molecule has 0 fully saturated rings. The van der Waals surface area contributed by atoms with E-state index in [4.69, 9.17) is 0 Å². The summed E-state index contributed by atoms with van der Waals surface area (Å²) in [6.07, 6.45) is 13.0. The van der Waals surface area contributed by atoms with Crippen molar-refractivity contribution in [1.82, 2.24) is 0 Å². The number of hydrogen-bond donors (Lipinski definition) is 0. The fourth-order valence-electron chi connectivity index (χ4n) is 1.11. The van der Waals surface area contributed by atoms with Crippen LogP contribution in [0.25, 0.3) is 0 Å². The van der Waals surface area contributed by atoms with Gasteiger partial charge in [0.1, 0.15) is 0 Å². The van der Waals surface area contributed by atoms with Crippen molar-refractivity contribution in [3.05, 3.63) is 19.1 Å². The predicted molar refractivity (Wildman–Crippen MR) is 47.9 cm³/mol. The molecule has 1 radical (unpaired) electrons. The van der Waals surface area contributed by atoms with Gasteiger partial charge < -0.3 is 6.92 Å². The van der Waals surface area contributed by atoms with Crippen LogP contribution in [0.2, 0.25) is 0 Å². The zero-order valence-electron chi connectivity index (χ0n) is 7.68. The average molecular weight is 228 g/mol. The van der Waals surface area contributed by atoms with Crippen molar-refractivity contribution in [1.29, 1.82) is 0 Å². The van der Waals surface area contributed by atoms with Crippen LogP contribution in [0.5, 0.6) is 0 Å². The summed E-state index contributed by atoms with van der Waals surface area (Å²) < 4.78 is 0. The predicted octanol–water partition coefficient (Wildman–Crippen LogP) is 3.73. The van der Waals surface area contributed by atoms with E-state index < -0.39 is 0 Å². The van der Waals surface area contributed by atoms with Gasteiger partial charge in [0.05, 0.1) is 0 Å². The molecule has 0 saturated heterocycles. The Bertz CT molecular complexity index is 66.9. The third-order valence-electron chi connectivity index (χ3n) is 1.66. The Kier molecular flexibility index (Phi) is 17.6. The Balaban J connectivity index is 0. The van der Waals surface area contributed by atoms with E-state index in [1.807, 2.05) is 0 Å². The Morgan fingerprint density at radius 1 is 0.818 bits per heavy atom. The minimum Gasteiger partial charge on any atom is -0.346 e. The molecule has 0 N–H and O–H groups in total. The molecule has 0 bridgehead atoms. The molecule has 0 heterocycles.